The summed E-state index contributed by atoms with van der Waals surface area (Å²) in [5.41, 5.74) is 2.11. The first-order valence-electron chi connectivity index (χ1n) is 9.75. The highest BCUT2D eigenvalue weighted by molar-refractivity contribution is 8.15. The molecule has 1 heterocycles. The number of likely N-dealkylation sites (N-methyl/N-ethyl adjacent to an activating group) is 1. The summed E-state index contributed by atoms with van der Waals surface area (Å²) in [6.45, 7) is 0.187. The largest absolute Gasteiger partial charge is 0.451 e. The molecule has 168 valence electrons. The molecule has 0 saturated carbocycles. The molecule has 3 amide bonds. The number of thioether (sulfide) groups is 2. The first-order valence-corrected chi connectivity index (χ1v) is 11.7. The van der Waals surface area contributed by atoms with Crippen LogP contribution in [-0.4, -0.2) is 61.5 Å². The van der Waals surface area contributed by atoms with Crippen LogP contribution in [0.2, 0.25) is 0 Å². The minimum absolute atomic E-state index is 0.144. The fourth-order valence-corrected chi connectivity index (χ4v) is 4.66. The summed E-state index contributed by atoms with van der Waals surface area (Å²) in [5, 5.41) is 3.11. The number of methoxy groups -OCH3 is 1. The van der Waals surface area contributed by atoms with Crippen molar-refractivity contribution in [3.63, 3.8) is 0 Å². The molecule has 32 heavy (non-hydrogen) atoms. The lowest BCUT2D eigenvalue weighted by Crippen LogP contribution is -2.32. The maximum atomic E-state index is 12.6. The van der Waals surface area contributed by atoms with Crippen LogP contribution in [0.25, 0.3) is 0 Å². The molecule has 0 bridgehead atoms. The van der Waals surface area contributed by atoms with Crippen LogP contribution in [0.15, 0.2) is 58.4 Å². The highest BCUT2D eigenvalue weighted by Gasteiger charge is 2.32. The van der Waals surface area contributed by atoms with Crippen LogP contribution in [0, 0.1) is 0 Å². The zero-order valence-corrected chi connectivity index (χ0v) is 19.7. The molecule has 1 N–H and O–H groups in total. The molecular weight excluding hydrogens is 448 g/mol. The number of aliphatic imine (C=N–C) groups is 1. The molecule has 3 rings (SSSR count). The maximum absolute atomic E-state index is 12.6. The Balaban J connectivity index is 1.92. The van der Waals surface area contributed by atoms with Crippen molar-refractivity contribution in [2.45, 2.75) is 10.6 Å². The zero-order chi connectivity index (χ0) is 23.1. The van der Waals surface area contributed by atoms with Gasteiger partial charge in [-0.05, 0) is 37.9 Å². The molecular formula is C22H24N4O4S2. The van der Waals surface area contributed by atoms with Gasteiger partial charge in [0.2, 0.25) is 11.8 Å². The fraction of sp³-hybridized carbons (Fsp3) is 0.273. The number of hydrogen-bond donors (Lipinski definition) is 1. The van der Waals surface area contributed by atoms with Crippen LogP contribution in [0.3, 0.4) is 0 Å². The summed E-state index contributed by atoms with van der Waals surface area (Å²) < 4.78 is 4.61. The van der Waals surface area contributed by atoms with Crippen LogP contribution in [0.5, 0.6) is 0 Å². The molecule has 0 atom stereocenters. The molecule has 0 aliphatic carbocycles. The lowest BCUT2D eigenvalue weighted by Gasteiger charge is -2.21. The van der Waals surface area contributed by atoms with Crippen molar-refractivity contribution in [3.05, 3.63) is 54.1 Å². The highest BCUT2D eigenvalue weighted by atomic mass is 32.2. The van der Waals surface area contributed by atoms with E-state index in [1.54, 1.807) is 36.8 Å². The molecule has 0 unspecified atom stereocenters. The number of carbonyl (C=O) groups is 3. The van der Waals surface area contributed by atoms with Crippen molar-refractivity contribution in [2.75, 3.05) is 43.7 Å². The highest BCUT2D eigenvalue weighted by Crippen LogP contribution is 2.36. The summed E-state index contributed by atoms with van der Waals surface area (Å²) in [6.07, 6.45) is -0.791. The predicted octanol–water partition coefficient (Wildman–Crippen LogP) is 3.68. The molecule has 0 spiro atoms. The van der Waals surface area contributed by atoms with E-state index in [2.05, 4.69) is 27.2 Å². The van der Waals surface area contributed by atoms with Crippen molar-refractivity contribution >= 4 is 58.0 Å². The minimum atomic E-state index is -0.791. The van der Waals surface area contributed by atoms with Crippen LogP contribution in [0.1, 0.15) is 5.56 Å². The molecule has 1 aliphatic heterocycles. The molecule has 1 fully saturated rings. The van der Waals surface area contributed by atoms with Gasteiger partial charge in [0, 0.05) is 10.6 Å². The second-order valence-corrected chi connectivity index (χ2v) is 9.11. The number of rotatable bonds is 7. The van der Waals surface area contributed by atoms with Gasteiger partial charge in [0.1, 0.15) is 0 Å². The number of hydrogen-bond acceptors (Lipinski definition) is 7. The number of anilines is 2. The van der Waals surface area contributed by atoms with E-state index in [1.165, 1.54) is 17.6 Å². The van der Waals surface area contributed by atoms with Gasteiger partial charge in [0.25, 0.3) is 0 Å². The van der Waals surface area contributed by atoms with E-state index in [4.69, 9.17) is 0 Å². The molecule has 2 aromatic rings. The number of amidine groups is 1. The Hall–Kier alpha value is -2.82. The maximum Gasteiger partial charge on any atom is 0.435 e. The van der Waals surface area contributed by atoms with E-state index in [0.717, 1.165) is 22.4 Å². The van der Waals surface area contributed by atoms with Gasteiger partial charge in [-0.3, -0.25) is 14.5 Å². The van der Waals surface area contributed by atoms with E-state index in [0.29, 0.717) is 11.4 Å². The number of benzene rings is 2. The number of ether oxygens (including phenoxy) is 1. The van der Waals surface area contributed by atoms with Crippen LogP contribution in [0.4, 0.5) is 16.2 Å². The third-order valence-corrected chi connectivity index (χ3v) is 6.31. The van der Waals surface area contributed by atoms with Gasteiger partial charge >= 0.3 is 6.09 Å². The van der Waals surface area contributed by atoms with Crippen molar-refractivity contribution in [3.8, 4) is 0 Å². The van der Waals surface area contributed by atoms with E-state index in [-0.39, 0.29) is 29.3 Å². The normalized spacial score (nSPS) is 14.8. The Morgan fingerprint density at radius 2 is 1.97 bits per heavy atom. The van der Waals surface area contributed by atoms with E-state index in [1.807, 2.05) is 30.3 Å². The summed E-state index contributed by atoms with van der Waals surface area (Å²) in [6, 6.07) is 15.5. The number of nitrogens with zero attached hydrogens (tertiary/aromatic N) is 3. The van der Waals surface area contributed by atoms with Crippen molar-refractivity contribution in [1.82, 2.24) is 4.90 Å². The van der Waals surface area contributed by atoms with Gasteiger partial charge in [0.15, 0.2) is 5.17 Å². The van der Waals surface area contributed by atoms with Crippen molar-refractivity contribution in [2.24, 2.45) is 4.99 Å². The Morgan fingerprint density at radius 1 is 1.22 bits per heavy atom. The van der Waals surface area contributed by atoms with E-state index in [9.17, 15) is 14.4 Å². The van der Waals surface area contributed by atoms with Gasteiger partial charge in [-0.1, -0.05) is 42.1 Å². The lowest BCUT2D eigenvalue weighted by atomic mass is 10.2. The second-order valence-electron chi connectivity index (χ2n) is 7.12. The summed E-state index contributed by atoms with van der Waals surface area (Å²) in [7, 11) is 4.83. The van der Waals surface area contributed by atoms with E-state index < -0.39 is 6.09 Å². The number of carbonyl (C=O) groups excluding carboxylic acids is 3. The standard InChI is InChI=1S/C22H24N4O4S2/c1-25(2)12-19(27)23-17-11-16(31-13-15-7-5-4-6-8-15)9-10-18(17)26-20(28)14-32-21(26)24-22(29)30-3/h4-11H,12-14H2,1-3H3,(H,23,27). The summed E-state index contributed by atoms with van der Waals surface area (Å²) in [4.78, 5) is 44.7. The average Bonchev–Trinajstić information content (AvgIpc) is 3.12. The fourth-order valence-electron chi connectivity index (χ4n) is 2.92. The summed E-state index contributed by atoms with van der Waals surface area (Å²) in [5.74, 6) is 0.460. The van der Waals surface area contributed by atoms with Gasteiger partial charge in [-0.2, -0.15) is 4.99 Å². The second kappa shape index (κ2) is 11.2. The van der Waals surface area contributed by atoms with Crippen LogP contribution in [-0.2, 0) is 20.1 Å². The topological polar surface area (TPSA) is 91.3 Å². The first-order chi connectivity index (χ1) is 15.4. The third-order valence-electron chi connectivity index (χ3n) is 4.32. The molecule has 0 aromatic heterocycles. The van der Waals surface area contributed by atoms with Gasteiger partial charge in [0.05, 0.1) is 30.8 Å². The molecule has 1 aliphatic rings. The first kappa shape index (κ1) is 23.8. The van der Waals surface area contributed by atoms with Crippen molar-refractivity contribution in [1.29, 1.82) is 0 Å². The van der Waals surface area contributed by atoms with Crippen LogP contribution < -0.4 is 10.2 Å². The zero-order valence-electron chi connectivity index (χ0n) is 18.0. The molecule has 1 saturated heterocycles. The average molecular weight is 473 g/mol. The molecule has 10 heteroatoms. The number of amides is 3. The Labute approximate surface area is 195 Å². The molecule has 2 aromatic carbocycles. The lowest BCUT2D eigenvalue weighted by molar-refractivity contribution is -0.117. The Kier molecular flexibility index (Phi) is 8.32. The summed E-state index contributed by atoms with van der Waals surface area (Å²) >= 11 is 2.77. The Morgan fingerprint density at radius 3 is 2.66 bits per heavy atom. The Bertz CT molecular complexity index is 1030. The SMILES string of the molecule is COC(=O)N=C1SCC(=O)N1c1ccc(SCc2ccccc2)cc1NC(=O)CN(C)C. The quantitative estimate of drug-likeness (QED) is 0.615. The third kappa shape index (κ3) is 6.35. The number of nitrogens with one attached hydrogen (secondary N) is 1. The molecule has 0 radical (unpaired) electrons. The minimum Gasteiger partial charge on any atom is -0.451 e. The van der Waals surface area contributed by atoms with Gasteiger partial charge < -0.3 is 15.0 Å². The predicted molar refractivity (Wildman–Crippen MR) is 129 cm³/mol. The van der Waals surface area contributed by atoms with Gasteiger partial charge in [-0.15, -0.1) is 11.8 Å². The molecule has 8 nitrogen and oxygen atoms in total. The smallest absolute Gasteiger partial charge is 0.435 e. The van der Waals surface area contributed by atoms with E-state index >= 15 is 0 Å². The van der Waals surface area contributed by atoms with Crippen LogP contribution >= 0.6 is 23.5 Å². The monoisotopic (exact) mass is 472 g/mol. The van der Waals surface area contributed by atoms with Crippen molar-refractivity contribution < 1.29 is 19.1 Å². The van der Waals surface area contributed by atoms with Gasteiger partial charge in [-0.25, -0.2) is 4.79 Å².